The first-order chi connectivity index (χ1) is 8.26. The Labute approximate surface area is 97.2 Å². The molecule has 3 N–H and O–H groups in total. The van der Waals surface area contributed by atoms with Crippen molar-refractivity contribution in [2.45, 2.75) is 0 Å². The van der Waals surface area contributed by atoms with Crippen molar-refractivity contribution in [1.82, 2.24) is 14.5 Å². The summed E-state index contributed by atoms with van der Waals surface area (Å²) in [6.45, 7) is 0. The van der Waals surface area contributed by atoms with E-state index in [1.807, 2.05) is 0 Å². The second-order valence-electron chi connectivity index (χ2n) is 3.16. The van der Waals surface area contributed by atoms with Crippen molar-refractivity contribution < 1.29 is 9.94 Å². The molecule has 0 aromatic carbocycles. The Morgan fingerprint density at radius 2 is 2.29 bits per heavy atom. The van der Waals surface area contributed by atoms with E-state index < -0.39 is 0 Å². The predicted molar refractivity (Wildman–Crippen MR) is 60.4 cm³/mol. The number of pyridine rings is 1. The number of aromatic nitrogens is 3. The van der Waals surface area contributed by atoms with Crippen molar-refractivity contribution in [2.24, 2.45) is 10.9 Å². The summed E-state index contributed by atoms with van der Waals surface area (Å²) >= 11 is 0. The summed E-state index contributed by atoms with van der Waals surface area (Å²) in [6.07, 6.45) is 4.85. The number of methoxy groups -OCH3 is 1. The van der Waals surface area contributed by atoms with Gasteiger partial charge in [0.2, 0.25) is 11.7 Å². The summed E-state index contributed by atoms with van der Waals surface area (Å²) in [7, 11) is 1.53. The first kappa shape index (κ1) is 10.9. The fraction of sp³-hybridized carbons (Fsp3) is 0.100. The van der Waals surface area contributed by atoms with E-state index in [4.69, 9.17) is 15.7 Å². The zero-order chi connectivity index (χ0) is 12.3. The van der Waals surface area contributed by atoms with Gasteiger partial charge in [-0.25, -0.2) is 9.97 Å². The Morgan fingerprint density at radius 3 is 3.00 bits per heavy atom. The number of nitrogens with two attached hydrogens (primary N) is 1. The van der Waals surface area contributed by atoms with Gasteiger partial charge in [0.1, 0.15) is 0 Å². The van der Waals surface area contributed by atoms with Crippen LogP contribution in [0.3, 0.4) is 0 Å². The molecule has 2 heterocycles. The van der Waals surface area contributed by atoms with Gasteiger partial charge in [-0.1, -0.05) is 5.16 Å². The maximum atomic E-state index is 8.65. The van der Waals surface area contributed by atoms with Gasteiger partial charge in [-0.2, -0.15) is 0 Å². The lowest BCUT2D eigenvalue weighted by Crippen LogP contribution is -2.18. The SMILES string of the molecule is COc1cc(-n2ccnc2/C(N)=N/O)ccn1. The standard InChI is InChI=1S/C10H11N5O2/c1-17-8-6-7(2-3-12-8)15-5-4-13-10(15)9(11)14-16/h2-6,16H,1H3,(H2,11,14). The van der Waals surface area contributed by atoms with E-state index in [0.717, 1.165) is 5.69 Å². The molecule has 88 valence electrons. The molecule has 7 nitrogen and oxygen atoms in total. The van der Waals surface area contributed by atoms with E-state index in [9.17, 15) is 0 Å². The maximum absolute atomic E-state index is 8.65. The smallest absolute Gasteiger partial charge is 0.215 e. The highest BCUT2D eigenvalue weighted by atomic mass is 16.5. The number of oxime groups is 1. The van der Waals surface area contributed by atoms with Crippen molar-refractivity contribution >= 4 is 5.84 Å². The summed E-state index contributed by atoms with van der Waals surface area (Å²) in [5, 5.41) is 11.6. The van der Waals surface area contributed by atoms with E-state index >= 15 is 0 Å². The molecular formula is C10H11N5O2. The van der Waals surface area contributed by atoms with E-state index in [1.54, 1.807) is 35.3 Å². The molecule has 0 unspecified atom stereocenters. The molecule has 0 spiro atoms. The highest BCUT2D eigenvalue weighted by Crippen LogP contribution is 2.14. The molecule has 0 amide bonds. The summed E-state index contributed by atoms with van der Waals surface area (Å²) in [5.74, 6) is 0.758. The molecule has 2 aromatic heterocycles. The average Bonchev–Trinajstić information content (AvgIpc) is 2.87. The number of imidazole rings is 1. The number of nitrogens with zero attached hydrogens (tertiary/aromatic N) is 4. The molecule has 0 radical (unpaired) electrons. The second-order valence-corrected chi connectivity index (χ2v) is 3.16. The summed E-state index contributed by atoms with van der Waals surface area (Å²) in [5.41, 5.74) is 6.28. The lowest BCUT2D eigenvalue weighted by atomic mass is 10.4. The van der Waals surface area contributed by atoms with Crippen molar-refractivity contribution in [2.75, 3.05) is 7.11 Å². The minimum absolute atomic E-state index is 0.0641. The van der Waals surface area contributed by atoms with Crippen molar-refractivity contribution in [3.8, 4) is 11.6 Å². The van der Waals surface area contributed by atoms with Crippen LogP contribution in [0.1, 0.15) is 5.82 Å². The van der Waals surface area contributed by atoms with E-state index in [0.29, 0.717) is 11.7 Å². The molecule has 0 saturated heterocycles. The molecule has 0 atom stereocenters. The Balaban J connectivity index is 2.49. The van der Waals surface area contributed by atoms with Crippen LogP contribution < -0.4 is 10.5 Å². The Bertz CT molecular complexity index is 549. The van der Waals surface area contributed by atoms with Gasteiger partial charge >= 0.3 is 0 Å². The van der Waals surface area contributed by atoms with Crippen LogP contribution in [-0.2, 0) is 0 Å². The highest BCUT2D eigenvalue weighted by molar-refractivity contribution is 5.94. The van der Waals surface area contributed by atoms with Crippen LogP contribution in [0.15, 0.2) is 35.9 Å². The van der Waals surface area contributed by atoms with Crippen LogP contribution >= 0.6 is 0 Å². The van der Waals surface area contributed by atoms with Crippen LogP contribution in [0.4, 0.5) is 0 Å². The monoisotopic (exact) mass is 233 g/mol. The molecule has 0 aliphatic heterocycles. The van der Waals surface area contributed by atoms with Gasteiger partial charge in [-0.15, -0.1) is 0 Å². The number of hydrogen-bond donors (Lipinski definition) is 2. The minimum atomic E-state index is -0.0641. The van der Waals surface area contributed by atoms with Gasteiger partial charge in [0, 0.05) is 24.7 Å². The van der Waals surface area contributed by atoms with E-state index in [2.05, 4.69) is 15.1 Å². The van der Waals surface area contributed by atoms with Gasteiger partial charge in [0.15, 0.2) is 5.82 Å². The van der Waals surface area contributed by atoms with Crippen LogP contribution in [0.25, 0.3) is 5.69 Å². The first-order valence-corrected chi connectivity index (χ1v) is 4.78. The third-order valence-corrected chi connectivity index (χ3v) is 2.18. The quantitative estimate of drug-likeness (QED) is 0.345. The predicted octanol–water partition coefficient (Wildman–Crippen LogP) is 0.370. The van der Waals surface area contributed by atoms with Gasteiger partial charge < -0.3 is 15.7 Å². The topological polar surface area (TPSA) is 98.6 Å². The summed E-state index contributed by atoms with van der Waals surface area (Å²) in [4.78, 5) is 8.00. The zero-order valence-corrected chi connectivity index (χ0v) is 9.11. The number of ether oxygens (including phenoxy) is 1. The average molecular weight is 233 g/mol. The van der Waals surface area contributed by atoms with Crippen molar-refractivity contribution in [3.63, 3.8) is 0 Å². The normalized spacial score (nSPS) is 11.5. The molecule has 17 heavy (non-hydrogen) atoms. The largest absolute Gasteiger partial charge is 0.481 e. The first-order valence-electron chi connectivity index (χ1n) is 4.78. The van der Waals surface area contributed by atoms with Crippen LogP contribution in [0.5, 0.6) is 5.88 Å². The molecule has 7 heteroatoms. The Hall–Kier alpha value is -2.57. The lowest BCUT2D eigenvalue weighted by molar-refractivity contribution is 0.318. The van der Waals surface area contributed by atoms with E-state index in [1.165, 1.54) is 7.11 Å². The highest BCUT2D eigenvalue weighted by Gasteiger charge is 2.10. The molecule has 0 saturated carbocycles. The van der Waals surface area contributed by atoms with Gasteiger partial charge in [0.05, 0.1) is 12.8 Å². The Kier molecular flexibility index (Phi) is 2.91. The third kappa shape index (κ3) is 2.03. The summed E-state index contributed by atoms with van der Waals surface area (Å²) in [6, 6.07) is 3.48. The third-order valence-electron chi connectivity index (χ3n) is 2.18. The number of amidine groups is 1. The van der Waals surface area contributed by atoms with Crippen molar-refractivity contribution in [3.05, 3.63) is 36.5 Å². The Morgan fingerprint density at radius 1 is 1.47 bits per heavy atom. The lowest BCUT2D eigenvalue weighted by Gasteiger charge is -2.07. The minimum Gasteiger partial charge on any atom is -0.481 e. The van der Waals surface area contributed by atoms with Crippen LogP contribution in [-0.4, -0.2) is 32.7 Å². The van der Waals surface area contributed by atoms with Crippen LogP contribution in [0, 0.1) is 0 Å². The number of rotatable bonds is 3. The van der Waals surface area contributed by atoms with Gasteiger partial charge in [-0.05, 0) is 6.07 Å². The second kappa shape index (κ2) is 4.52. The molecule has 0 aliphatic rings. The molecule has 0 fully saturated rings. The van der Waals surface area contributed by atoms with Crippen LogP contribution in [0.2, 0.25) is 0 Å². The molecule has 2 rings (SSSR count). The molecule has 2 aromatic rings. The fourth-order valence-electron chi connectivity index (χ4n) is 1.41. The molecule has 0 aliphatic carbocycles. The zero-order valence-electron chi connectivity index (χ0n) is 9.11. The van der Waals surface area contributed by atoms with E-state index in [-0.39, 0.29) is 5.84 Å². The fourth-order valence-corrected chi connectivity index (χ4v) is 1.41. The summed E-state index contributed by atoms with van der Waals surface area (Å²) < 4.78 is 6.69. The van der Waals surface area contributed by atoms with Gasteiger partial charge in [0.25, 0.3) is 0 Å². The number of hydrogen-bond acceptors (Lipinski definition) is 5. The van der Waals surface area contributed by atoms with Crippen molar-refractivity contribution in [1.29, 1.82) is 0 Å². The molecular weight excluding hydrogens is 222 g/mol. The maximum Gasteiger partial charge on any atom is 0.215 e. The van der Waals surface area contributed by atoms with Gasteiger partial charge in [-0.3, -0.25) is 4.57 Å². The molecule has 0 bridgehead atoms.